The molecule has 27 heavy (non-hydrogen) atoms. The maximum Gasteiger partial charge on any atom is 0.267 e. The van der Waals surface area contributed by atoms with Gasteiger partial charge in [0.1, 0.15) is 11.4 Å². The van der Waals surface area contributed by atoms with Gasteiger partial charge in [-0.1, -0.05) is 12.1 Å². The summed E-state index contributed by atoms with van der Waals surface area (Å²) < 4.78 is 8.02. The number of benzene rings is 1. The number of aryl methyl sites for hydroxylation is 1. The average molecular weight is 365 g/mol. The number of pyridine rings is 1. The van der Waals surface area contributed by atoms with Crippen LogP contribution in [0.4, 0.5) is 5.95 Å². The molecule has 1 saturated heterocycles. The van der Waals surface area contributed by atoms with Gasteiger partial charge in [-0.3, -0.25) is 9.78 Å². The van der Waals surface area contributed by atoms with Crippen LogP contribution in [0.1, 0.15) is 23.3 Å². The second-order valence-corrected chi connectivity index (χ2v) is 6.94. The first-order valence-corrected chi connectivity index (χ1v) is 9.17. The molecule has 1 amide bonds. The van der Waals surface area contributed by atoms with Crippen molar-refractivity contribution in [2.75, 3.05) is 24.6 Å². The lowest BCUT2D eigenvalue weighted by molar-refractivity contribution is 0.0995. The number of aromatic nitrogens is 3. The second kappa shape index (κ2) is 7.26. The molecule has 0 atom stereocenters. The number of ether oxygens (including phenoxy) is 1. The van der Waals surface area contributed by atoms with Crippen LogP contribution in [-0.4, -0.2) is 40.1 Å². The van der Waals surface area contributed by atoms with E-state index in [1.807, 2.05) is 12.1 Å². The first-order chi connectivity index (χ1) is 13.1. The summed E-state index contributed by atoms with van der Waals surface area (Å²) in [6, 6.07) is 11.6. The summed E-state index contributed by atoms with van der Waals surface area (Å²) in [7, 11) is 2.07. The summed E-state index contributed by atoms with van der Waals surface area (Å²) in [6.07, 6.45) is 3.62. The summed E-state index contributed by atoms with van der Waals surface area (Å²) in [5.41, 5.74) is 7.67. The lowest BCUT2D eigenvalue weighted by Gasteiger charge is -2.32. The maximum atomic E-state index is 11.2. The summed E-state index contributed by atoms with van der Waals surface area (Å²) in [5.74, 6) is 1.59. The average Bonchev–Trinajstić information content (AvgIpc) is 3.04. The summed E-state index contributed by atoms with van der Waals surface area (Å²) >= 11 is 0. The Hall–Kier alpha value is -3.09. The van der Waals surface area contributed by atoms with E-state index in [1.54, 1.807) is 18.3 Å². The minimum Gasteiger partial charge on any atom is -0.493 e. The van der Waals surface area contributed by atoms with Crippen LogP contribution in [-0.2, 0) is 7.05 Å². The summed E-state index contributed by atoms with van der Waals surface area (Å²) in [5, 5.41) is 0. The van der Waals surface area contributed by atoms with Gasteiger partial charge in [-0.2, -0.15) is 0 Å². The number of amides is 1. The summed E-state index contributed by atoms with van der Waals surface area (Å²) in [4.78, 5) is 22.3. The van der Waals surface area contributed by atoms with E-state index in [9.17, 15) is 4.79 Å². The molecule has 1 aliphatic rings. The Bertz CT molecular complexity index is 960. The molecular formula is C20H23N5O2. The largest absolute Gasteiger partial charge is 0.493 e. The van der Waals surface area contributed by atoms with Gasteiger partial charge in [0.25, 0.3) is 5.91 Å². The Morgan fingerprint density at radius 1 is 1.26 bits per heavy atom. The number of carbonyl (C=O) groups is 1. The van der Waals surface area contributed by atoms with E-state index in [0.29, 0.717) is 18.3 Å². The van der Waals surface area contributed by atoms with E-state index >= 15 is 0 Å². The number of para-hydroxylation sites is 2. The number of rotatable bonds is 5. The minimum absolute atomic E-state index is 0.226. The molecule has 140 valence electrons. The van der Waals surface area contributed by atoms with Gasteiger partial charge < -0.3 is 19.9 Å². The highest BCUT2D eigenvalue weighted by Crippen LogP contribution is 2.26. The van der Waals surface area contributed by atoms with Gasteiger partial charge in [-0.25, -0.2) is 4.98 Å². The van der Waals surface area contributed by atoms with Crippen LogP contribution in [0.25, 0.3) is 11.0 Å². The van der Waals surface area contributed by atoms with Crippen molar-refractivity contribution in [2.45, 2.75) is 12.8 Å². The zero-order valence-corrected chi connectivity index (χ0v) is 15.3. The van der Waals surface area contributed by atoms with Crippen LogP contribution in [0.2, 0.25) is 0 Å². The molecule has 0 saturated carbocycles. The summed E-state index contributed by atoms with van der Waals surface area (Å²) in [6.45, 7) is 2.53. The molecule has 3 heterocycles. The van der Waals surface area contributed by atoms with E-state index < -0.39 is 5.91 Å². The fourth-order valence-corrected chi connectivity index (χ4v) is 3.57. The molecule has 3 aromatic rings. The van der Waals surface area contributed by atoms with Crippen molar-refractivity contribution in [3.05, 3.63) is 48.3 Å². The van der Waals surface area contributed by atoms with Crippen molar-refractivity contribution in [2.24, 2.45) is 18.7 Å². The lowest BCUT2D eigenvalue weighted by Crippen LogP contribution is -2.37. The van der Waals surface area contributed by atoms with Gasteiger partial charge in [-0.05, 0) is 37.0 Å². The second-order valence-electron chi connectivity index (χ2n) is 6.94. The molecule has 2 N–H and O–H groups in total. The predicted octanol–water partition coefficient (Wildman–Crippen LogP) is 2.36. The van der Waals surface area contributed by atoms with E-state index in [4.69, 9.17) is 15.5 Å². The fourth-order valence-electron chi connectivity index (χ4n) is 3.57. The van der Waals surface area contributed by atoms with Crippen LogP contribution >= 0.6 is 0 Å². The van der Waals surface area contributed by atoms with Crippen LogP contribution in [0.15, 0.2) is 42.6 Å². The van der Waals surface area contributed by atoms with Crippen molar-refractivity contribution in [3.63, 3.8) is 0 Å². The predicted molar refractivity (Wildman–Crippen MR) is 104 cm³/mol. The van der Waals surface area contributed by atoms with E-state index in [-0.39, 0.29) is 5.69 Å². The monoisotopic (exact) mass is 365 g/mol. The van der Waals surface area contributed by atoms with Crippen molar-refractivity contribution in [1.82, 2.24) is 14.5 Å². The number of imidazole rings is 1. The molecule has 0 unspecified atom stereocenters. The number of anilines is 1. The number of nitrogens with zero attached hydrogens (tertiary/aromatic N) is 4. The number of carbonyl (C=O) groups excluding carboxylic acids is 1. The smallest absolute Gasteiger partial charge is 0.267 e. The highest BCUT2D eigenvalue weighted by atomic mass is 16.5. The van der Waals surface area contributed by atoms with Gasteiger partial charge in [0.15, 0.2) is 0 Å². The van der Waals surface area contributed by atoms with Gasteiger partial charge in [0.2, 0.25) is 5.95 Å². The van der Waals surface area contributed by atoms with Crippen molar-refractivity contribution >= 4 is 22.9 Å². The number of primary amides is 1. The Morgan fingerprint density at radius 3 is 2.78 bits per heavy atom. The topological polar surface area (TPSA) is 86.3 Å². The van der Waals surface area contributed by atoms with E-state index in [1.165, 1.54) is 0 Å². The minimum atomic E-state index is -0.545. The Balaban J connectivity index is 1.35. The van der Waals surface area contributed by atoms with E-state index in [0.717, 1.165) is 42.9 Å². The normalized spacial score (nSPS) is 15.2. The third-order valence-corrected chi connectivity index (χ3v) is 5.13. The first-order valence-electron chi connectivity index (χ1n) is 9.17. The van der Waals surface area contributed by atoms with Gasteiger partial charge >= 0.3 is 0 Å². The Labute approximate surface area is 157 Å². The molecule has 0 radical (unpaired) electrons. The van der Waals surface area contributed by atoms with Crippen LogP contribution in [0.3, 0.4) is 0 Å². The van der Waals surface area contributed by atoms with Crippen molar-refractivity contribution in [3.8, 4) is 5.75 Å². The van der Waals surface area contributed by atoms with Crippen LogP contribution in [0.5, 0.6) is 5.75 Å². The SMILES string of the molecule is Cn1c(N2CCC(COc3ccnc(C(N)=O)c3)CC2)nc2ccccc21. The van der Waals surface area contributed by atoms with Gasteiger partial charge in [-0.15, -0.1) is 0 Å². The quantitative estimate of drug-likeness (QED) is 0.750. The highest BCUT2D eigenvalue weighted by Gasteiger charge is 2.23. The molecule has 7 heteroatoms. The zero-order chi connectivity index (χ0) is 18.8. The number of hydrogen-bond donors (Lipinski definition) is 1. The highest BCUT2D eigenvalue weighted by molar-refractivity contribution is 5.91. The molecule has 4 rings (SSSR count). The number of fused-ring (bicyclic) bond motifs is 1. The Morgan fingerprint density at radius 2 is 2.04 bits per heavy atom. The molecule has 1 aromatic carbocycles. The zero-order valence-electron chi connectivity index (χ0n) is 15.3. The number of nitrogens with two attached hydrogens (primary N) is 1. The standard InChI is InChI=1S/C20H23N5O2/c1-24-18-5-3-2-4-16(18)23-20(24)25-10-7-14(8-11-25)13-27-15-6-9-22-17(12-15)19(21)26/h2-6,9,12,14H,7-8,10-11,13H2,1H3,(H2,21,26). The number of piperidine rings is 1. The van der Waals surface area contributed by atoms with Crippen molar-refractivity contribution < 1.29 is 9.53 Å². The molecule has 0 spiro atoms. The molecule has 0 bridgehead atoms. The van der Waals surface area contributed by atoms with Gasteiger partial charge in [0.05, 0.1) is 17.6 Å². The van der Waals surface area contributed by atoms with Crippen LogP contribution < -0.4 is 15.4 Å². The molecule has 7 nitrogen and oxygen atoms in total. The molecule has 1 fully saturated rings. The van der Waals surface area contributed by atoms with Gasteiger partial charge in [0, 0.05) is 32.4 Å². The molecule has 0 aliphatic carbocycles. The third kappa shape index (κ3) is 3.58. The molecular weight excluding hydrogens is 342 g/mol. The van der Waals surface area contributed by atoms with E-state index in [2.05, 4.69) is 33.6 Å². The van der Waals surface area contributed by atoms with Crippen LogP contribution in [0, 0.1) is 5.92 Å². The van der Waals surface area contributed by atoms with Crippen molar-refractivity contribution in [1.29, 1.82) is 0 Å². The first kappa shape index (κ1) is 17.3. The molecule has 2 aromatic heterocycles. The fraction of sp³-hybridized carbons (Fsp3) is 0.350. The maximum absolute atomic E-state index is 11.2. The third-order valence-electron chi connectivity index (χ3n) is 5.13. The Kier molecular flexibility index (Phi) is 4.66. The number of hydrogen-bond acceptors (Lipinski definition) is 5. The molecule has 1 aliphatic heterocycles. The lowest BCUT2D eigenvalue weighted by atomic mass is 9.98.